The van der Waals surface area contributed by atoms with E-state index in [1.54, 1.807) is 7.05 Å². The molecule has 0 aliphatic carbocycles. The summed E-state index contributed by atoms with van der Waals surface area (Å²) in [6.07, 6.45) is 11.4. The lowest BCUT2D eigenvalue weighted by Gasteiger charge is -2.24. The highest BCUT2D eigenvalue weighted by Gasteiger charge is 2.25. The van der Waals surface area contributed by atoms with Crippen LogP contribution in [-0.2, 0) is 0 Å². The molecule has 94 valence electrons. The monoisotopic (exact) mass is 233 g/mol. The largest absolute Gasteiger partial charge is 0.294 e. The first kappa shape index (κ1) is 13.7. The normalized spacial score (nSPS) is 27.4. The Morgan fingerprint density at radius 3 is 2.76 bits per heavy atom. The van der Waals surface area contributed by atoms with E-state index in [0.29, 0.717) is 5.92 Å². The van der Waals surface area contributed by atoms with Crippen molar-refractivity contribution >= 4 is 12.2 Å². The molecule has 0 aromatic heterocycles. The van der Waals surface area contributed by atoms with Gasteiger partial charge in [-0.05, 0) is 12.3 Å². The maximum atomic E-state index is 4.49. The zero-order chi connectivity index (χ0) is 12.9. The van der Waals surface area contributed by atoms with Gasteiger partial charge in [0.1, 0.15) is 0 Å². The van der Waals surface area contributed by atoms with Gasteiger partial charge < -0.3 is 0 Å². The van der Waals surface area contributed by atoms with Crippen LogP contribution in [0.1, 0.15) is 34.1 Å². The Labute approximate surface area is 105 Å². The molecule has 1 unspecified atom stereocenters. The number of nitrogens with zero attached hydrogens (tertiary/aromatic N) is 3. The summed E-state index contributed by atoms with van der Waals surface area (Å²) in [6.45, 7) is 8.72. The minimum absolute atomic E-state index is 0.00918. The van der Waals surface area contributed by atoms with Crippen molar-refractivity contribution in [3.8, 4) is 0 Å². The molecule has 3 nitrogen and oxygen atoms in total. The molecule has 1 rings (SSSR count). The fraction of sp³-hybridized carbons (Fsp3) is 0.571. The van der Waals surface area contributed by atoms with E-state index in [1.807, 2.05) is 17.3 Å². The number of hydrogen-bond acceptors (Lipinski definition) is 1. The van der Waals surface area contributed by atoms with Gasteiger partial charge in [0.25, 0.3) is 0 Å². The van der Waals surface area contributed by atoms with Crippen molar-refractivity contribution in [3.05, 3.63) is 24.6 Å². The van der Waals surface area contributed by atoms with E-state index in [1.165, 1.54) is 0 Å². The highest BCUT2D eigenvalue weighted by molar-refractivity contribution is 5.92. The van der Waals surface area contributed by atoms with Crippen LogP contribution in [0, 0.1) is 11.3 Å². The molecule has 0 N–H and O–H groups in total. The molecule has 1 heterocycles. The third kappa shape index (κ3) is 3.29. The van der Waals surface area contributed by atoms with Gasteiger partial charge in [-0.25, -0.2) is 4.99 Å². The van der Waals surface area contributed by atoms with Crippen LogP contribution < -0.4 is 0 Å². The molecular weight excluding hydrogens is 210 g/mol. The lowest BCUT2D eigenvalue weighted by Crippen LogP contribution is -2.22. The lowest BCUT2D eigenvalue weighted by atomic mass is 9.80. The molecule has 3 heteroatoms. The van der Waals surface area contributed by atoms with Gasteiger partial charge >= 0.3 is 0 Å². The van der Waals surface area contributed by atoms with Gasteiger partial charge in [-0.1, -0.05) is 39.8 Å². The molecule has 0 amide bonds. The Morgan fingerprint density at radius 1 is 1.53 bits per heavy atom. The molecule has 0 fully saturated rings. The number of guanidine groups is 1. The summed E-state index contributed by atoms with van der Waals surface area (Å²) in [5.74, 6) is 1.24. The molecular formula is C14H23N3. The Bertz CT molecular complexity index is 364. The lowest BCUT2D eigenvalue weighted by molar-refractivity contribution is 0.422. The Kier molecular flexibility index (Phi) is 4.67. The third-order valence-corrected chi connectivity index (χ3v) is 3.23. The fourth-order valence-electron chi connectivity index (χ4n) is 1.46. The summed E-state index contributed by atoms with van der Waals surface area (Å²) in [4.78, 5) is 10.7. The molecule has 1 atom stereocenters. The van der Waals surface area contributed by atoms with E-state index in [9.17, 15) is 0 Å². The van der Waals surface area contributed by atoms with E-state index in [4.69, 9.17) is 0 Å². The van der Waals surface area contributed by atoms with E-state index < -0.39 is 0 Å². The molecule has 0 aromatic carbocycles. The van der Waals surface area contributed by atoms with Gasteiger partial charge in [-0.15, -0.1) is 0 Å². The van der Waals surface area contributed by atoms with Crippen LogP contribution in [0.5, 0.6) is 0 Å². The first-order valence-corrected chi connectivity index (χ1v) is 6.20. The summed E-state index contributed by atoms with van der Waals surface area (Å²) in [7, 11) is 1.77. The number of allylic oxidation sites excluding steroid dienone is 2. The average Bonchev–Trinajstić information content (AvgIpc) is 2.47. The summed E-state index contributed by atoms with van der Waals surface area (Å²) in [5, 5.41) is 0. The second kappa shape index (κ2) is 5.80. The van der Waals surface area contributed by atoms with Crippen molar-refractivity contribution in [3.63, 3.8) is 0 Å². The Balaban J connectivity index is 3.05. The minimum atomic E-state index is -0.00918. The van der Waals surface area contributed by atoms with Gasteiger partial charge in [-0.2, -0.15) is 0 Å². The molecule has 0 bridgehead atoms. The zero-order valence-corrected chi connectivity index (χ0v) is 11.5. The SMILES string of the molecule is CC/C=C\N1C=CC(C)(C(C)C)C=NC1=NC. The molecule has 1 aliphatic rings. The smallest absolute Gasteiger partial charge is 0.228 e. The third-order valence-electron chi connectivity index (χ3n) is 3.23. The van der Waals surface area contributed by atoms with Crippen LogP contribution in [0.4, 0.5) is 0 Å². The molecule has 0 radical (unpaired) electrons. The summed E-state index contributed by atoms with van der Waals surface area (Å²) < 4.78 is 0. The van der Waals surface area contributed by atoms with Gasteiger partial charge in [-0.3, -0.25) is 9.89 Å². The van der Waals surface area contributed by atoms with Crippen LogP contribution in [0.25, 0.3) is 0 Å². The summed E-state index contributed by atoms with van der Waals surface area (Å²) in [6, 6.07) is 0. The van der Waals surface area contributed by atoms with Gasteiger partial charge in [0.05, 0.1) is 0 Å². The van der Waals surface area contributed by atoms with Crippen LogP contribution in [0.2, 0.25) is 0 Å². The van der Waals surface area contributed by atoms with Crippen molar-refractivity contribution in [1.29, 1.82) is 0 Å². The predicted octanol–water partition coefficient (Wildman–Crippen LogP) is 3.46. The number of aliphatic imine (C=N–C) groups is 2. The van der Waals surface area contributed by atoms with Crippen molar-refractivity contribution in [1.82, 2.24) is 4.90 Å². The minimum Gasteiger partial charge on any atom is -0.294 e. The maximum Gasteiger partial charge on any atom is 0.228 e. The number of hydrogen-bond donors (Lipinski definition) is 0. The predicted molar refractivity (Wildman–Crippen MR) is 75.2 cm³/mol. The molecule has 0 saturated carbocycles. The molecule has 0 saturated heterocycles. The van der Waals surface area contributed by atoms with E-state index in [-0.39, 0.29) is 5.41 Å². The van der Waals surface area contributed by atoms with E-state index >= 15 is 0 Å². The molecule has 17 heavy (non-hydrogen) atoms. The van der Waals surface area contributed by atoms with Gasteiger partial charge in [0.15, 0.2) is 0 Å². The fourth-order valence-corrected chi connectivity index (χ4v) is 1.46. The summed E-state index contributed by atoms with van der Waals surface area (Å²) in [5.41, 5.74) is -0.00918. The second-order valence-electron chi connectivity index (χ2n) is 4.82. The van der Waals surface area contributed by atoms with Crippen molar-refractivity contribution < 1.29 is 0 Å². The van der Waals surface area contributed by atoms with Crippen LogP contribution in [0.15, 0.2) is 34.5 Å². The van der Waals surface area contributed by atoms with Crippen LogP contribution >= 0.6 is 0 Å². The van der Waals surface area contributed by atoms with Gasteiger partial charge in [0, 0.05) is 31.1 Å². The molecule has 0 spiro atoms. The number of rotatable bonds is 3. The van der Waals surface area contributed by atoms with Crippen molar-refractivity contribution in [2.75, 3.05) is 7.05 Å². The van der Waals surface area contributed by atoms with Gasteiger partial charge in [0.2, 0.25) is 5.96 Å². The standard InChI is InChI=1S/C14H23N3/c1-6-7-9-17-10-8-14(4,12(2)3)11-16-13(17)15-5/h7-12H,6H2,1-5H3/b9-7-,15-13?. The topological polar surface area (TPSA) is 28.0 Å². The zero-order valence-electron chi connectivity index (χ0n) is 11.5. The van der Waals surface area contributed by atoms with Crippen molar-refractivity contribution in [2.24, 2.45) is 21.3 Å². The first-order valence-electron chi connectivity index (χ1n) is 6.20. The van der Waals surface area contributed by atoms with E-state index in [2.05, 4.69) is 56.0 Å². The Hall–Kier alpha value is -1.38. The highest BCUT2D eigenvalue weighted by atomic mass is 15.2. The Morgan fingerprint density at radius 2 is 2.24 bits per heavy atom. The van der Waals surface area contributed by atoms with Crippen LogP contribution in [-0.4, -0.2) is 24.1 Å². The van der Waals surface area contributed by atoms with Crippen LogP contribution in [0.3, 0.4) is 0 Å². The highest BCUT2D eigenvalue weighted by Crippen LogP contribution is 2.28. The quantitative estimate of drug-likeness (QED) is 0.733. The second-order valence-corrected chi connectivity index (χ2v) is 4.82. The average molecular weight is 233 g/mol. The first-order chi connectivity index (χ1) is 8.03. The van der Waals surface area contributed by atoms with E-state index in [0.717, 1.165) is 12.4 Å². The summed E-state index contributed by atoms with van der Waals surface area (Å²) >= 11 is 0. The maximum absolute atomic E-state index is 4.49. The molecule has 0 aromatic rings. The molecule has 1 aliphatic heterocycles. The van der Waals surface area contributed by atoms with Crippen molar-refractivity contribution in [2.45, 2.75) is 34.1 Å².